The number of aryl methyl sites for hydroxylation is 1. The van der Waals surface area contributed by atoms with E-state index in [2.05, 4.69) is 4.98 Å². The van der Waals surface area contributed by atoms with Crippen LogP contribution in [-0.2, 0) is 4.79 Å². The predicted octanol–water partition coefficient (Wildman–Crippen LogP) is -1.17. The van der Waals surface area contributed by atoms with Crippen LogP contribution in [0.1, 0.15) is 44.2 Å². The minimum Gasteiger partial charge on any atom is -0.388 e. The first-order valence-electron chi connectivity index (χ1n) is 8.96. The van der Waals surface area contributed by atoms with E-state index in [-0.39, 0.29) is 12.5 Å². The van der Waals surface area contributed by atoms with Crippen LogP contribution in [0.5, 0.6) is 0 Å². The molecular weight excluding hydrogens is 338 g/mol. The van der Waals surface area contributed by atoms with Crippen LogP contribution < -0.4 is 22.7 Å². The number of aromatic amines is 1. The topological polar surface area (TPSA) is 147 Å². The van der Waals surface area contributed by atoms with Gasteiger partial charge in [0.1, 0.15) is 0 Å². The summed E-state index contributed by atoms with van der Waals surface area (Å²) in [5, 5.41) is 10.7. The minimum absolute atomic E-state index is 0.155. The standard InChI is InChI=1S/C17H29N5O4/c1-11-9-22(16(25)20-14(11)23)13-10-21(8-6-17(13,2)26)15(24)12(19)5-3-4-7-18/h9,12-13,26H,3-8,10,18-19H2,1-2H3,(H,20,23,25)/t12-,13-,17-/m1/s1. The zero-order chi connectivity index (χ0) is 19.5. The summed E-state index contributed by atoms with van der Waals surface area (Å²) in [6, 6.07) is -1.29. The molecule has 1 saturated heterocycles. The third kappa shape index (κ3) is 4.40. The van der Waals surface area contributed by atoms with Gasteiger partial charge in [-0.15, -0.1) is 0 Å². The van der Waals surface area contributed by atoms with E-state index < -0.39 is 28.9 Å². The van der Waals surface area contributed by atoms with Crippen LogP contribution in [0, 0.1) is 6.92 Å². The largest absolute Gasteiger partial charge is 0.388 e. The number of aliphatic hydroxyl groups is 1. The first-order chi connectivity index (χ1) is 12.2. The summed E-state index contributed by atoms with van der Waals surface area (Å²) in [5.74, 6) is -0.197. The average Bonchev–Trinajstić information content (AvgIpc) is 2.58. The lowest BCUT2D eigenvalue weighted by molar-refractivity contribution is -0.139. The number of hydrogen-bond donors (Lipinski definition) is 4. The van der Waals surface area contributed by atoms with Crippen molar-refractivity contribution >= 4 is 5.91 Å². The third-order valence-corrected chi connectivity index (χ3v) is 5.08. The number of carbonyl (C=O) groups excluding carboxylic acids is 1. The molecular formula is C17H29N5O4. The maximum atomic E-state index is 12.6. The minimum atomic E-state index is -1.19. The van der Waals surface area contributed by atoms with Crippen LogP contribution in [-0.4, -0.2) is 56.7 Å². The van der Waals surface area contributed by atoms with Crippen molar-refractivity contribution in [2.45, 2.75) is 57.2 Å². The van der Waals surface area contributed by atoms with Gasteiger partial charge in [-0.05, 0) is 39.7 Å². The van der Waals surface area contributed by atoms with E-state index in [1.54, 1.807) is 18.7 Å². The first-order valence-corrected chi connectivity index (χ1v) is 8.96. The highest BCUT2D eigenvalue weighted by Crippen LogP contribution is 2.31. The number of unbranched alkanes of at least 4 members (excludes halogenated alkanes) is 1. The number of nitrogens with two attached hydrogens (primary N) is 2. The van der Waals surface area contributed by atoms with Crippen molar-refractivity contribution in [3.63, 3.8) is 0 Å². The molecule has 26 heavy (non-hydrogen) atoms. The van der Waals surface area contributed by atoms with Gasteiger partial charge in [-0.25, -0.2) is 4.79 Å². The van der Waals surface area contributed by atoms with Crippen molar-refractivity contribution in [2.24, 2.45) is 11.5 Å². The second-order valence-electron chi connectivity index (χ2n) is 7.28. The van der Waals surface area contributed by atoms with Crippen molar-refractivity contribution in [1.29, 1.82) is 0 Å². The molecule has 0 aromatic carbocycles. The molecule has 0 saturated carbocycles. The Kier molecular flexibility index (Phi) is 6.38. The molecule has 1 fully saturated rings. The van der Waals surface area contributed by atoms with Crippen molar-refractivity contribution < 1.29 is 9.90 Å². The summed E-state index contributed by atoms with van der Waals surface area (Å²) >= 11 is 0. The highest BCUT2D eigenvalue weighted by molar-refractivity contribution is 5.81. The van der Waals surface area contributed by atoms with Gasteiger partial charge in [0, 0.05) is 24.8 Å². The lowest BCUT2D eigenvalue weighted by Gasteiger charge is -2.43. The summed E-state index contributed by atoms with van der Waals surface area (Å²) in [7, 11) is 0. The van der Waals surface area contributed by atoms with Gasteiger partial charge in [-0.3, -0.25) is 19.1 Å². The Morgan fingerprint density at radius 3 is 2.81 bits per heavy atom. The number of aromatic nitrogens is 2. The van der Waals surface area contributed by atoms with Gasteiger partial charge in [0.25, 0.3) is 5.56 Å². The molecule has 1 aromatic heterocycles. The fourth-order valence-corrected chi connectivity index (χ4v) is 3.30. The van der Waals surface area contributed by atoms with Gasteiger partial charge in [0.15, 0.2) is 0 Å². The molecule has 146 valence electrons. The Bertz CT molecular complexity index is 754. The molecule has 1 aliphatic heterocycles. The quantitative estimate of drug-likeness (QED) is 0.466. The van der Waals surface area contributed by atoms with E-state index in [0.717, 1.165) is 12.8 Å². The van der Waals surface area contributed by atoms with Gasteiger partial charge in [0.05, 0.1) is 17.7 Å². The molecule has 1 aromatic rings. The summed E-state index contributed by atoms with van der Waals surface area (Å²) in [6.45, 7) is 4.30. The van der Waals surface area contributed by atoms with Crippen molar-refractivity contribution in [2.75, 3.05) is 19.6 Å². The van der Waals surface area contributed by atoms with Crippen LogP contribution in [0.4, 0.5) is 0 Å². The number of amides is 1. The lowest BCUT2D eigenvalue weighted by atomic mass is 9.87. The van der Waals surface area contributed by atoms with Crippen LogP contribution >= 0.6 is 0 Å². The van der Waals surface area contributed by atoms with Crippen LogP contribution in [0.2, 0.25) is 0 Å². The van der Waals surface area contributed by atoms with Crippen molar-refractivity contribution in [1.82, 2.24) is 14.5 Å². The molecule has 2 rings (SSSR count). The fraction of sp³-hybridized carbons (Fsp3) is 0.706. The van der Waals surface area contributed by atoms with E-state index in [1.165, 1.54) is 10.8 Å². The second-order valence-corrected chi connectivity index (χ2v) is 7.28. The maximum Gasteiger partial charge on any atom is 0.328 e. The molecule has 1 amide bonds. The number of nitrogens with zero attached hydrogens (tertiary/aromatic N) is 2. The van der Waals surface area contributed by atoms with Crippen LogP contribution in [0.15, 0.2) is 15.8 Å². The molecule has 2 heterocycles. The highest BCUT2D eigenvalue weighted by atomic mass is 16.3. The van der Waals surface area contributed by atoms with Crippen LogP contribution in [0.3, 0.4) is 0 Å². The van der Waals surface area contributed by atoms with E-state index in [9.17, 15) is 19.5 Å². The summed E-state index contributed by atoms with van der Waals surface area (Å²) in [5.41, 5.74) is 9.58. The number of likely N-dealkylation sites (tertiary alicyclic amines) is 1. The SMILES string of the molecule is Cc1cn([C@@H]2CN(C(=O)[C@H](N)CCCCN)CC[C@@]2(C)O)c(=O)[nH]c1=O. The Balaban J connectivity index is 2.21. The average molecular weight is 367 g/mol. The molecule has 0 radical (unpaired) electrons. The summed E-state index contributed by atoms with van der Waals surface area (Å²) < 4.78 is 1.30. The van der Waals surface area contributed by atoms with E-state index in [0.29, 0.717) is 31.5 Å². The molecule has 0 unspecified atom stereocenters. The third-order valence-electron chi connectivity index (χ3n) is 5.08. The Hall–Kier alpha value is -1.97. The molecule has 9 nitrogen and oxygen atoms in total. The maximum absolute atomic E-state index is 12.6. The molecule has 3 atom stereocenters. The van der Waals surface area contributed by atoms with Gasteiger partial charge >= 0.3 is 5.69 Å². The summed E-state index contributed by atoms with van der Waals surface area (Å²) in [4.78, 5) is 40.3. The molecule has 0 spiro atoms. The van der Waals surface area contributed by atoms with Gasteiger partial charge < -0.3 is 21.5 Å². The van der Waals surface area contributed by atoms with Crippen LogP contribution in [0.25, 0.3) is 0 Å². The monoisotopic (exact) mass is 367 g/mol. The van der Waals surface area contributed by atoms with E-state index in [1.807, 2.05) is 0 Å². The number of hydrogen-bond acceptors (Lipinski definition) is 6. The second kappa shape index (κ2) is 8.15. The lowest BCUT2D eigenvalue weighted by Crippen LogP contribution is -2.57. The summed E-state index contributed by atoms with van der Waals surface area (Å²) in [6.07, 6.45) is 3.87. The van der Waals surface area contributed by atoms with Crippen molar-refractivity contribution in [3.8, 4) is 0 Å². The smallest absolute Gasteiger partial charge is 0.328 e. The Labute approximate surface area is 152 Å². The Morgan fingerprint density at radius 2 is 2.15 bits per heavy atom. The van der Waals surface area contributed by atoms with Crippen molar-refractivity contribution in [3.05, 3.63) is 32.6 Å². The number of carbonyl (C=O) groups is 1. The van der Waals surface area contributed by atoms with Gasteiger partial charge in [-0.2, -0.15) is 0 Å². The molecule has 6 N–H and O–H groups in total. The zero-order valence-corrected chi connectivity index (χ0v) is 15.4. The predicted molar refractivity (Wildman–Crippen MR) is 97.8 cm³/mol. The van der Waals surface area contributed by atoms with Gasteiger partial charge in [0.2, 0.25) is 5.91 Å². The van der Waals surface area contributed by atoms with E-state index >= 15 is 0 Å². The molecule has 0 bridgehead atoms. The van der Waals surface area contributed by atoms with Gasteiger partial charge in [-0.1, -0.05) is 6.42 Å². The molecule has 9 heteroatoms. The highest BCUT2D eigenvalue weighted by Gasteiger charge is 2.41. The number of H-pyrrole nitrogens is 1. The van der Waals surface area contributed by atoms with E-state index in [4.69, 9.17) is 11.5 Å². The number of nitrogens with one attached hydrogen (secondary N) is 1. The number of rotatable bonds is 6. The Morgan fingerprint density at radius 1 is 1.46 bits per heavy atom. The fourth-order valence-electron chi connectivity index (χ4n) is 3.30. The number of piperidine rings is 1. The first kappa shape index (κ1) is 20.3. The normalized spacial score (nSPS) is 24.5. The molecule has 0 aliphatic carbocycles. The molecule has 1 aliphatic rings. The zero-order valence-electron chi connectivity index (χ0n) is 15.4.